The first kappa shape index (κ1) is 11.3. The normalized spacial score (nSPS) is 10.4. The summed E-state index contributed by atoms with van der Waals surface area (Å²) < 4.78 is 6.59. The molecule has 5 nitrogen and oxygen atoms in total. The van der Waals surface area contributed by atoms with Crippen LogP contribution >= 0.6 is 0 Å². The molecule has 0 bridgehead atoms. The molecule has 0 saturated carbocycles. The van der Waals surface area contributed by atoms with Gasteiger partial charge in [-0.3, -0.25) is 0 Å². The van der Waals surface area contributed by atoms with Crippen LogP contribution in [0.15, 0.2) is 36.5 Å². The lowest BCUT2D eigenvalue weighted by Gasteiger charge is -2.07. The van der Waals surface area contributed by atoms with Gasteiger partial charge in [0.2, 0.25) is 0 Å². The first-order valence-electron chi connectivity index (χ1n) is 5.08. The second-order valence-electron chi connectivity index (χ2n) is 3.49. The standard InChI is InChI=1S/C12H12N2O3/c1-17-8-11-10(12(15)16)7-13-14(11)9-5-3-2-4-6-9/h2-7H,8H2,1H3,(H,15,16). The summed E-state index contributed by atoms with van der Waals surface area (Å²) in [6.45, 7) is 0.205. The number of aromatic nitrogens is 2. The van der Waals surface area contributed by atoms with Gasteiger partial charge in [-0.2, -0.15) is 5.10 Å². The van der Waals surface area contributed by atoms with Crippen LogP contribution in [-0.4, -0.2) is 28.0 Å². The fourth-order valence-electron chi connectivity index (χ4n) is 1.62. The summed E-state index contributed by atoms with van der Waals surface area (Å²) in [6, 6.07) is 9.35. The summed E-state index contributed by atoms with van der Waals surface area (Å²) in [4.78, 5) is 11.0. The van der Waals surface area contributed by atoms with E-state index in [0.29, 0.717) is 5.69 Å². The lowest BCUT2D eigenvalue weighted by molar-refractivity contribution is 0.0691. The van der Waals surface area contributed by atoms with E-state index in [0.717, 1.165) is 5.69 Å². The SMILES string of the molecule is COCc1c(C(=O)O)cnn1-c1ccccc1. The van der Waals surface area contributed by atoms with Crippen molar-refractivity contribution in [3.63, 3.8) is 0 Å². The van der Waals surface area contributed by atoms with Gasteiger partial charge in [0.1, 0.15) is 5.56 Å². The molecule has 17 heavy (non-hydrogen) atoms. The molecule has 0 aliphatic carbocycles. The third kappa shape index (κ3) is 2.19. The Bertz CT molecular complexity index is 520. The Labute approximate surface area is 98.3 Å². The minimum atomic E-state index is -1.00. The summed E-state index contributed by atoms with van der Waals surface area (Å²) in [7, 11) is 1.52. The van der Waals surface area contributed by atoms with Gasteiger partial charge in [-0.05, 0) is 12.1 Å². The maximum absolute atomic E-state index is 11.0. The van der Waals surface area contributed by atoms with Crippen LogP contribution in [-0.2, 0) is 11.3 Å². The second kappa shape index (κ2) is 4.80. The van der Waals surface area contributed by atoms with Crippen molar-refractivity contribution in [2.24, 2.45) is 0 Å². The molecular formula is C12H12N2O3. The van der Waals surface area contributed by atoms with E-state index < -0.39 is 5.97 Å². The summed E-state index contributed by atoms with van der Waals surface area (Å²) in [5, 5.41) is 13.1. The zero-order valence-corrected chi connectivity index (χ0v) is 9.33. The van der Waals surface area contributed by atoms with Gasteiger partial charge in [-0.25, -0.2) is 9.48 Å². The molecule has 0 saturated heterocycles. The van der Waals surface area contributed by atoms with Crippen molar-refractivity contribution in [1.29, 1.82) is 0 Å². The van der Waals surface area contributed by atoms with Gasteiger partial charge in [0, 0.05) is 7.11 Å². The third-order valence-corrected chi connectivity index (χ3v) is 2.38. The van der Waals surface area contributed by atoms with E-state index in [-0.39, 0.29) is 12.2 Å². The molecule has 1 aromatic heterocycles. The minimum Gasteiger partial charge on any atom is -0.478 e. The molecule has 0 aliphatic heterocycles. The molecule has 5 heteroatoms. The highest BCUT2D eigenvalue weighted by Gasteiger charge is 2.17. The number of carboxylic acid groups (broad SMARTS) is 1. The summed E-state index contributed by atoms with van der Waals surface area (Å²) >= 11 is 0. The van der Waals surface area contributed by atoms with Gasteiger partial charge in [0.25, 0.3) is 0 Å². The molecule has 0 fully saturated rings. The van der Waals surface area contributed by atoms with Crippen molar-refractivity contribution in [3.05, 3.63) is 47.8 Å². The fraction of sp³-hybridized carbons (Fsp3) is 0.167. The Morgan fingerprint density at radius 1 is 1.41 bits per heavy atom. The predicted octanol–water partition coefficient (Wildman–Crippen LogP) is 1.72. The van der Waals surface area contributed by atoms with E-state index in [1.807, 2.05) is 30.3 Å². The lowest BCUT2D eigenvalue weighted by atomic mass is 10.2. The molecule has 0 atom stereocenters. The molecule has 0 aliphatic rings. The molecular weight excluding hydrogens is 220 g/mol. The molecule has 2 rings (SSSR count). The average molecular weight is 232 g/mol. The number of aromatic carboxylic acids is 1. The predicted molar refractivity (Wildman–Crippen MR) is 61.2 cm³/mol. The number of nitrogens with zero attached hydrogens (tertiary/aromatic N) is 2. The van der Waals surface area contributed by atoms with Gasteiger partial charge in [0.05, 0.1) is 24.2 Å². The Morgan fingerprint density at radius 3 is 2.71 bits per heavy atom. The van der Waals surface area contributed by atoms with Gasteiger partial charge in [-0.15, -0.1) is 0 Å². The molecule has 88 valence electrons. The average Bonchev–Trinajstić information content (AvgIpc) is 2.75. The lowest BCUT2D eigenvalue weighted by Crippen LogP contribution is -2.07. The second-order valence-corrected chi connectivity index (χ2v) is 3.49. The molecule has 0 unspecified atom stereocenters. The van der Waals surface area contributed by atoms with Crippen molar-refractivity contribution >= 4 is 5.97 Å². The molecule has 0 amide bonds. The van der Waals surface area contributed by atoms with Crippen molar-refractivity contribution in [2.75, 3.05) is 7.11 Å². The molecule has 2 aromatic rings. The summed E-state index contributed by atoms with van der Waals surface area (Å²) in [5.41, 5.74) is 1.51. The molecule has 1 heterocycles. The summed E-state index contributed by atoms with van der Waals surface area (Å²) in [6.07, 6.45) is 1.34. The van der Waals surface area contributed by atoms with Gasteiger partial charge < -0.3 is 9.84 Å². The molecule has 1 N–H and O–H groups in total. The van der Waals surface area contributed by atoms with Crippen molar-refractivity contribution in [3.8, 4) is 5.69 Å². The topological polar surface area (TPSA) is 64.3 Å². The van der Waals surface area contributed by atoms with Crippen LogP contribution in [0.4, 0.5) is 0 Å². The minimum absolute atomic E-state index is 0.163. The first-order chi connectivity index (χ1) is 8.24. The first-order valence-corrected chi connectivity index (χ1v) is 5.08. The van der Waals surface area contributed by atoms with E-state index in [1.54, 1.807) is 4.68 Å². The van der Waals surface area contributed by atoms with E-state index in [9.17, 15) is 4.79 Å². The van der Waals surface area contributed by atoms with Crippen LogP contribution in [0, 0.1) is 0 Å². The molecule has 0 radical (unpaired) electrons. The smallest absolute Gasteiger partial charge is 0.339 e. The molecule has 0 spiro atoms. The Kier molecular flexibility index (Phi) is 3.20. The van der Waals surface area contributed by atoms with E-state index in [2.05, 4.69) is 5.10 Å². The maximum Gasteiger partial charge on any atom is 0.339 e. The van der Waals surface area contributed by atoms with Crippen LogP contribution in [0.2, 0.25) is 0 Å². The quantitative estimate of drug-likeness (QED) is 0.871. The Balaban J connectivity index is 2.51. The Hall–Kier alpha value is -2.14. The number of rotatable bonds is 4. The van der Waals surface area contributed by atoms with E-state index in [4.69, 9.17) is 9.84 Å². The molecule has 1 aromatic carbocycles. The van der Waals surface area contributed by atoms with Crippen LogP contribution in [0.3, 0.4) is 0 Å². The Morgan fingerprint density at radius 2 is 2.12 bits per heavy atom. The number of carboxylic acids is 1. The fourth-order valence-corrected chi connectivity index (χ4v) is 1.62. The van der Waals surface area contributed by atoms with Crippen LogP contribution in [0.1, 0.15) is 16.1 Å². The van der Waals surface area contributed by atoms with Gasteiger partial charge in [0.15, 0.2) is 0 Å². The van der Waals surface area contributed by atoms with Crippen LogP contribution in [0.25, 0.3) is 5.69 Å². The number of methoxy groups -OCH3 is 1. The summed E-state index contributed by atoms with van der Waals surface area (Å²) in [5.74, 6) is -1.00. The number of carbonyl (C=O) groups is 1. The van der Waals surface area contributed by atoms with E-state index >= 15 is 0 Å². The maximum atomic E-state index is 11.0. The number of benzene rings is 1. The van der Waals surface area contributed by atoms with E-state index in [1.165, 1.54) is 13.3 Å². The third-order valence-electron chi connectivity index (χ3n) is 2.38. The van der Waals surface area contributed by atoms with Crippen LogP contribution < -0.4 is 0 Å². The highest BCUT2D eigenvalue weighted by atomic mass is 16.5. The van der Waals surface area contributed by atoms with Crippen LogP contribution in [0.5, 0.6) is 0 Å². The van der Waals surface area contributed by atoms with Gasteiger partial charge >= 0.3 is 5.97 Å². The zero-order valence-electron chi connectivity index (χ0n) is 9.33. The number of para-hydroxylation sites is 1. The number of hydrogen-bond donors (Lipinski definition) is 1. The number of hydrogen-bond acceptors (Lipinski definition) is 3. The van der Waals surface area contributed by atoms with Crippen molar-refractivity contribution < 1.29 is 14.6 Å². The van der Waals surface area contributed by atoms with Crippen molar-refractivity contribution in [2.45, 2.75) is 6.61 Å². The number of ether oxygens (including phenoxy) is 1. The van der Waals surface area contributed by atoms with Gasteiger partial charge in [-0.1, -0.05) is 18.2 Å². The van der Waals surface area contributed by atoms with Crippen molar-refractivity contribution in [1.82, 2.24) is 9.78 Å². The monoisotopic (exact) mass is 232 g/mol. The zero-order chi connectivity index (χ0) is 12.3. The largest absolute Gasteiger partial charge is 0.478 e. The highest BCUT2D eigenvalue weighted by Crippen LogP contribution is 2.15. The highest BCUT2D eigenvalue weighted by molar-refractivity contribution is 5.88.